The number of nitrogens with one attached hydrogen (secondary N) is 1. The summed E-state index contributed by atoms with van der Waals surface area (Å²) < 4.78 is 7.59. The quantitative estimate of drug-likeness (QED) is 0.817. The number of ether oxygens (including phenoxy) is 1. The molecule has 0 saturated carbocycles. The van der Waals surface area contributed by atoms with E-state index in [4.69, 9.17) is 4.74 Å². The second-order valence-corrected chi connectivity index (χ2v) is 4.93. The van der Waals surface area contributed by atoms with Gasteiger partial charge in [0.2, 0.25) is 0 Å². The molecule has 0 spiro atoms. The van der Waals surface area contributed by atoms with Gasteiger partial charge in [0.25, 0.3) is 5.56 Å². The standard InChI is InChI=1S/C11H16BrN3O2/c12-10-7-14-8-15(11(10)16)4-3-13-6-9-2-1-5-17-9/h7-9,13H,1-6H2. The summed E-state index contributed by atoms with van der Waals surface area (Å²) in [4.78, 5) is 15.6. The lowest BCUT2D eigenvalue weighted by molar-refractivity contribution is 0.110. The lowest BCUT2D eigenvalue weighted by atomic mass is 10.2. The predicted molar refractivity (Wildman–Crippen MR) is 68.0 cm³/mol. The van der Waals surface area contributed by atoms with Crippen LogP contribution in [-0.4, -0.2) is 35.4 Å². The summed E-state index contributed by atoms with van der Waals surface area (Å²) in [6.07, 6.45) is 5.69. The molecule has 5 nitrogen and oxygen atoms in total. The number of aromatic nitrogens is 2. The van der Waals surface area contributed by atoms with E-state index in [1.807, 2.05) is 0 Å². The fraction of sp³-hybridized carbons (Fsp3) is 0.636. The lowest BCUT2D eigenvalue weighted by Crippen LogP contribution is -2.31. The van der Waals surface area contributed by atoms with E-state index in [0.29, 0.717) is 17.1 Å². The zero-order valence-corrected chi connectivity index (χ0v) is 11.1. The van der Waals surface area contributed by atoms with Crippen molar-refractivity contribution in [1.29, 1.82) is 0 Å². The van der Waals surface area contributed by atoms with Crippen LogP contribution < -0.4 is 10.9 Å². The monoisotopic (exact) mass is 301 g/mol. The molecule has 0 aromatic carbocycles. The van der Waals surface area contributed by atoms with Crippen LogP contribution in [0.3, 0.4) is 0 Å². The van der Waals surface area contributed by atoms with Gasteiger partial charge in [0.1, 0.15) is 4.47 Å². The maximum absolute atomic E-state index is 11.6. The van der Waals surface area contributed by atoms with Gasteiger partial charge in [0, 0.05) is 32.4 Å². The third-order valence-electron chi connectivity index (χ3n) is 2.78. The van der Waals surface area contributed by atoms with Crippen molar-refractivity contribution in [1.82, 2.24) is 14.9 Å². The third kappa shape index (κ3) is 3.62. The van der Waals surface area contributed by atoms with Crippen molar-refractivity contribution in [3.05, 3.63) is 27.4 Å². The molecule has 0 aliphatic carbocycles. The van der Waals surface area contributed by atoms with E-state index in [9.17, 15) is 4.79 Å². The Balaban J connectivity index is 1.74. The van der Waals surface area contributed by atoms with Gasteiger partial charge in [-0.1, -0.05) is 0 Å². The highest BCUT2D eigenvalue weighted by molar-refractivity contribution is 9.10. The highest BCUT2D eigenvalue weighted by atomic mass is 79.9. The van der Waals surface area contributed by atoms with Crippen molar-refractivity contribution < 1.29 is 4.74 Å². The normalized spacial score (nSPS) is 19.7. The number of halogens is 1. The van der Waals surface area contributed by atoms with Gasteiger partial charge in [0.05, 0.1) is 12.4 Å². The Bertz CT molecular complexity index is 415. The highest BCUT2D eigenvalue weighted by Crippen LogP contribution is 2.10. The first-order valence-corrected chi connectivity index (χ1v) is 6.59. The summed E-state index contributed by atoms with van der Waals surface area (Å²) >= 11 is 3.17. The molecule has 0 bridgehead atoms. The third-order valence-corrected chi connectivity index (χ3v) is 3.33. The van der Waals surface area contributed by atoms with E-state index >= 15 is 0 Å². The first kappa shape index (κ1) is 12.7. The Hall–Kier alpha value is -0.720. The summed E-state index contributed by atoms with van der Waals surface area (Å²) in [5, 5.41) is 3.29. The number of hydrogen-bond donors (Lipinski definition) is 1. The Kier molecular flexibility index (Phi) is 4.70. The molecule has 1 fully saturated rings. The molecule has 1 atom stereocenters. The molecule has 1 saturated heterocycles. The van der Waals surface area contributed by atoms with Gasteiger partial charge in [0.15, 0.2) is 0 Å². The summed E-state index contributed by atoms with van der Waals surface area (Å²) in [6, 6.07) is 0. The molecule has 2 heterocycles. The minimum atomic E-state index is -0.0427. The van der Waals surface area contributed by atoms with Gasteiger partial charge in [-0.25, -0.2) is 4.98 Å². The maximum atomic E-state index is 11.6. The molecule has 2 rings (SSSR count). The molecule has 6 heteroatoms. The minimum Gasteiger partial charge on any atom is -0.377 e. The van der Waals surface area contributed by atoms with Crippen LogP contribution in [0.15, 0.2) is 21.8 Å². The molecular weight excluding hydrogens is 286 g/mol. The number of nitrogens with zero attached hydrogens (tertiary/aromatic N) is 2. The molecule has 0 amide bonds. The van der Waals surface area contributed by atoms with Gasteiger partial charge in [-0.05, 0) is 28.8 Å². The summed E-state index contributed by atoms with van der Waals surface area (Å²) in [5.74, 6) is 0. The van der Waals surface area contributed by atoms with Gasteiger partial charge < -0.3 is 10.1 Å². The van der Waals surface area contributed by atoms with Crippen molar-refractivity contribution in [2.24, 2.45) is 0 Å². The van der Waals surface area contributed by atoms with Crippen molar-refractivity contribution in [3.8, 4) is 0 Å². The topological polar surface area (TPSA) is 56.2 Å². The largest absolute Gasteiger partial charge is 0.377 e. The average molecular weight is 302 g/mol. The van der Waals surface area contributed by atoms with Crippen LogP contribution in [0, 0.1) is 0 Å². The van der Waals surface area contributed by atoms with Gasteiger partial charge in [-0.3, -0.25) is 9.36 Å². The average Bonchev–Trinajstić information content (AvgIpc) is 2.83. The Labute approximate surface area is 108 Å². The molecule has 1 aliphatic rings. The molecule has 1 aliphatic heterocycles. The second-order valence-electron chi connectivity index (χ2n) is 4.08. The van der Waals surface area contributed by atoms with Gasteiger partial charge in [-0.15, -0.1) is 0 Å². The number of hydrogen-bond acceptors (Lipinski definition) is 4. The Morgan fingerprint density at radius 2 is 2.53 bits per heavy atom. The predicted octanol–water partition coefficient (Wildman–Crippen LogP) is 0.774. The van der Waals surface area contributed by atoms with Crippen LogP contribution in [0.25, 0.3) is 0 Å². The highest BCUT2D eigenvalue weighted by Gasteiger charge is 2.14. The molecule has 94 valence electrons. The van der Waals surface area contributed by atoms with E-state index in [0.717, 1.165) is 32.5 Å². The van der Waals surface area contributed by atoms with Gasteiger partial charge in [-0.2, -0.15) is 0 Å². The number of rotatable bonds is 5. The fourth-order valence-corrected chi connectivity index (χ4v) is 2.20. The Morgan fingerprint density at radius 3 is 3.29 bits per heavy atom. The molecule has 1 aromatic heterocycles. The molecule has 17 heavy (non-hydrogen) atoms. The van der Waals surface area contributed by atoms with E-state index in [-0.39, 0.29) is 5.56 Å². The maximum Gasteiger partial charge on any atom is 0.267 e. The first-order chi connectivity index (χ1) is 8.27. The van der Waals surface area contributed by atoms with E-state index in [1.54, 1.807) is 10.9 Å². The zero-order chi connectivity index (χ0) is 12.1. The summed E-state index contributed by atoms with van der Waals surface area (Å²) in [6.45, 7) is 3.10. The van der Waals surface area contributed by atoms with Crippen molar-refractivity contribution in [2.75, 3.05) is 19.7 Å². The minimum absolute atomic E-state index is 0.0427. The van der Waals surface area contributed by atoms with Crippen LogP contribution in [-0.2, 0) is 11.3 Å². The van der Waals surface area contributed by atoms with Crippen LogP contribution in [0.4, 0.5) is 0 Å². The van der Waals surface area contributed by atoms with Crippen molar-refractivity contribution in [2.45, 2.75) is 25.5 Å². The van der Waals surface area contributed by atoms with Crippen LogP contribution >= 0.6 is 15.9 Å². The molecule has 0 radical (unpaired) electrons. The lowest BCUT2D eigenvalue weighted by Gasteiger charge is -2.11. The SMILES string of the molecule is O=c1c(Br)cncn1CCNCC1CCCO1. The van der Waals surface area contributed by atoms with E-state index in [1.165, 1.54) is 6.20 Å². The zero-order valence-electron chi connectivity index (χ0n) is 9.56. The Morgan fingerprint density at radius 1 is 1.65 bits per heavy atom. The van der Waals surface area contributed by atoms with Gasteiger partial charge >= 0.3 is 0 Å². The second kappa shape index (κ2) is 6.28. The summed E-state index contributed by atoms with van der Waals surface area (Å²) in [7, 11) is 0. The first-order valence-electron chi connectivity index (χ1n) is 5.79. The van der Waals surface area contributed by atoms with Crippen molar-refractivity contribution in [3.63, 3.8) is 0 Å². The molecular formula is C11H16BrN3O2. The van der Waals surface area contributed by atoms with Crippen molar-refractivity contribution >= 4 is 15.9 Å². The van der Waals surface area contributed by atoms with E-state index < -0.39 is 0 Å². The fourth-order valence-electron chi connectivity index (χ4n) is 1.85. The molecule has 1 aromatic rings. The smallest absolute Gasteiger partial charge is 0.267 e. The van der Waals surface area contributed by atoms with Crippen LogP contribution in [0.5, 0.6) is 0 Å². The summed E-state index contributed by atoms with van der Waals surface area (Å²) in [5.41, 5.74) is -0.0427. The van der Waals surface area contributed by atoms with E-state index in [2.05, 4.69) is 26.2 Å². The molecule has 1 unspecified atom stereocenters. The molecule has 1 N–H and O–H groups in total. The van der Waals surface area contributed by atoms with Crippen LogP contribution in [0.2, 0.25) is 0 Å². The van der Waals surface area contributed by atoms with Crippen LogP contribution in [0.1, 0.15) is 12.8 Å².